The summed E-state index contributed by atoms with van der Waals surface area (Å²) in [7, 11) is 0. The van der Waals surface area contributed by atoms with E-state index in [0.717, 1.165) is 12.1 Å². The number of urea groups is 1. The van der Waals surface area contributed by atoms with Crippen molar-refractivity contribution >= 4 is 17.4 Å². The average Bonchev–Trinajstić information content (AvgIpc) is 3.32. The van der Waals surface area contributed by atoms with Crippen LogP contribution in [0.1, 0.15) is 22.9 Å². The number of nitrogens with one attached hydrogen (secondary N) is 1. The van der Waals surface area contributed by atoms with E-state index in [-0.39, 0.29) is 6.03 Å². The number of carbonyl (C=O) groups excluding carboxylic acids is 1. The molecule has 2 amide bonds. The first kappa shape index (κ1) is 17.2. The third kappa shape index (κ3) is 4.93. The molecule has 6 heteroatoms. The van der Waals surface area contributed by atoms with Crippen LogP contribution in [-0.4, -0.2) is 27.3 Å². The van der Waals surface area contributed by atoms with Crippen molar-refractivity contribution in [2.24, 2.45) is 0 Å². The number of carbonyl (C=O) groups is 1. The Hall–Kier alpha value is -2.60. The number of benzene rings is 1. The van der Waals surface area contributed by atoms with E-state index in [4.69, 9.17) is 0 Å². The smallest absolute Gasteiger partial charge is 0.317 e. The standard InChI is InChI=1S/C19H22N4OS/c1-2-22(15-18-8-4-11-25-18)19(24)20-13-16-6-3-7-17(12-16)14-23-10-5-9-21-23/h3-12H,2,13-15H2,1H3,(H,20,24). The maximum Gasteiger partial charge on any atom is 0.317 e. The molecule has 0 saturated heterocycles. The molecular weight excluding hydrogens is 332 g/mol. The Morgan fingerprint density at radius 2 is 2.12 bits per heavy atom. The summed E-state index contributed by atoms with van der Waals surface area (Å²) in [5.41, 5.74) is 2.26. The molecule has 0 saturated carbocycles. The average molecular weight is 354 g/mol. The molecule has 5 nitrogen and oxygen atoms in total. The molecule has 0 bridgehead atoms. The van der Waals surface area contributed by atoms with Gasteiger partial charge < -0.3 is 10.2 Å². The number of hydrogen-bond donors (Lipinski definition) is 1. The van der Waals surface area contributed by atoms with Crippen LogP contribution in [0.2, 0.25) is 0 Å². The largest absolute Gasteiger partial charge is 0.334 e. The lowest BCUT2D eigenvalue weighted by Crippen LogP contribution is -2.38. The third-order valence-corrected chi connectivity index (χ3v) is 4.80. The summed E-state index contributed by atoms with van der Waals surface area (Å²) < 4.78 is 1.89. The first-order chi connectivity index (χ1) is 12.2. The molecule has 0 spiro atoms. The quantitative estimate of drug-likeness (QED) is 0.703. The molecule has 0 fully saturated rings. The minimum Gasteiger partial charge on any atom is -0.334 e. The normalized spacial score (nSPS) is 10.6. The lowest BCUT2D eigenvalue weighted by atomic mass is 10.1. The number of rotatable bonds is 7. The number of aromatic nitrogens is 2. The Morgan fingerprint density at radius 3 is 2.84 bits per heavy atom. The molecule has 1 N–H and O–H groups in total. The molecule has 0 unspecified atom stereocenters. The van der Waals surface area contributed by atoms with Gasteiger partial charge in [0.15, 0.2) is 0 Å². The van der Waals surface area contributed by atoms with Gasteiger partial charge in [-0.05, 0) is 35.6 Å². The molecule has 0 radical (unpaired) electrons. The van der Waals surface area contributed by atoms with Gasteiger partial charge in [-0.2, -0.15) is 5.10 Å². The fourth-order valence-electron chi connectivity index (χ4n) is 2.63. The lowest BCUT2D eigenvalue weighted by Gasteiger charge is -2.20. The highest BCUT2D eigenvalue weighted by Crippen LogP contribution is 2.12. The molecule has 2 aromatic heterocycles. The van der Waals surface area contributed by atoms with E-state index in [1.165, 1.54) is 10.4 Å². The van der Waals surface area contributed by atoms with Gasteiger partial charge in [0.1, 0.15) is 0 Å². The van der Waals surface area contributed by atoms with E-state index in [0.29, 0.717) is 19.6 Å². The van der Waals surface area contributed by atoms with E-state index in [1.807, 2.05) is 52.3 Å². The van der Waals surface area contributed by atoms with Crippen molar-refractivity contribution in [3.8, 4) is 0 Å². The summed E-state index contributed by atoms with van der Waals surface area (Å²) in [6, 6.07) is 14.2. The predicted octanol–water partition coefficient (Wildman–Crippen LogP) is 3.72. The van der Waals surface area contributed by atoms with E-state index >= 15 is 0 Å². The van der Waals surface area contributed by atoms with Crippen LogP contribution in [0.4, 0.5) is 4.79 Å². The minimum atomic E-state index is -0.0339. The molecule has 25 heavy (non-hydrogen) atoms. The zero-order valence-electron chi connectivity index (χ0n) is 14.3. The molecular formula is C19H22N4OS. The van der Waals surface area contributed by atoms with Crippen LogP contribution in [0.25, 0.3) is 0 Å². The first-order valence-corrected chi connectivity index (χ1v) is 9.23. The molecule has 0 aliphatic heterocycles. The van der Waals surface area contributed by atoms with Gasteiger partial charge in [-0.3, -0.25) is 4.68 Å². The summed E-state index contributed by atoms with van der Waals surface area (Å²) in [5, 5.41) is 9.28. The third-order valence-electron chi connectivity index (χ3n) is 3.93. The van der Waals surface area contributed by atoms with E-state index in [1.54, 1.807) is 17.5 Å². The van der Waals surface area contributed by atoms with Crippen LogP contribution in [0.15, 0.2) is 60.2 Å². The number of nitrogens with zero attached hydrogens (tertiary/aromatic N) is 3. The Bertz CT molecular complexity index is 784. The molecule has 2 heterocycles. The molecule has 1 aromatic carbocycles. The van der Waals surface area contributed by atoms with Gasteiger partial charge in [-0.25, -0.2) is 4.79 Å². The van der Waals surface area contributed by atoms with Crippen LogP contribution < -0.4 is 5.32 Å². The van der Waals surface area contributed by atoms with Crippen molar-refractivity contribution in [1.82, 2.24) is 20.0 Å². The fourth-order valence-corrected chi connectivity index (χ4v) is 3.35. The SMILES string of the molecule is CCN(Cc1cccs1)C(=O)NCc1cccc(Cn2cccn2)c1. The van der Waals surface area contributed by atoms with Crippen molar-refractivity contribution in [2.45, 2.75) is 26.6 Å². The minimum absolute atomic E-state index is 0.0339. The van der Waals surface area contributed by atoms with Gasteiger partial charge >= 0.3 is 6.03 Å². The van der Waals surface area contributed by atoms with Gasteiger partial charge in [0.25, 0.3) is 0 Å². The number of hydrogen-bond acceptors (Lipinski definition) is 3. The fraction of sp³-hybridized carbons (Fsp3) is 0.263. The van der Waals surface area contributed by atoms with Gasteiger partial charge in [0, 0.05) is 30.4 Å². The summed E-state index contributed by atoms with van der Waals surface area (Å²) in [6.45, 7) is 4.58. The Kier molecular flexibility index (Phi) is 5.85. The van der Waals surface area contributed by atoms with Crippen LogP contribution in [0.3, 0.4) is 0 Å². The van der Waals surface area contributed by atoms with E-state index < -0.39 is 0 Å². The molecule has 130 valence electrons. The van der Waals surface area contributed by atoms with Crippen LogP contribution in [0.5, 0.6) is 0 Å². The highest BCUT2D eigenvalue weighted by molar-refractivity contribution is 7.09. The number of thiophene rings is 1. The monoisotopic (exact) mass is 354 g/mol. The number of amides is 2. The Labute approximate surface area is 151 Å². The summed E-state index contributed by atoms with van der Waals surface area (Å²) >= 11 is 1.67. The Balaban J connectivity index is 1.56. The van der Waals surface area contributed by atoms with Gasteiger partial charge in [0.05, 0.1) is 13.1 Å². The van der Waals surface area contributed by atoms with Crippen molar-refractivity contribution in [3.05, 3.63) is 76.2 Å². The summed E-state index contributed by atoms with van der Waals surface area (Å²) in [6.07, 6.45) is 3.72. The molecule has 0 atom stereocenters. The predicted molar refractivity (Wildman–Crippen MR) is 100 cm³/mol. The van der Waals surface area contributed by atoms with Crippen molar-refractivity contribution in [2.75, 3.05) is 6.54 Å². The highest BCUT2D eigenvalue weighted by Gasteiger charge is 2.12. The summed E-state index contributed by atoms with van der Waals surface area (Å²) in [4.78, 5) is 15.4. The zero-order chi connectivity index (χ0) is 17.5. The van der Waals surface area contributed by atoms with Crippen LogP contribution in [-0.2, 0) is 19.6 Å². The zero-order valence-corrected chi connectivity index (χ0v) is 15.1. The summed E-state index contributed by atoms with van der Waals surface area (Å²) in [5.74, 6) is 0. The van der Waals surface area contributed by atoms with Crippen molar-refractivity contribution < 1.29 is 4.79 Å². The van der Waals surface area contributed by atoms with Gasteiger partial charge in [-0.15, -0.1) is 11.3 Å². The van der Waals surface area contributed by atoms with Crippen LogP contribution >= 0.6 is 11.3 Å². The molecule has 0 aliphatic carbocycles. The second-order valence-electron chi connectivity index (χ2n) is 5.78. The maximum atomic E-state index is 12.4. The maximum absolute atomic E-state index is 12.4. The molecule has 3 rings (SSSR count). The van der Waals surface area contributed by atoms with Crippen molar-refractivity contribution in [1.29, 1.82) is 0 Å². The highest BCUT2D eigenvalue weighted by atomic mass is 32.1. The van der Waals surface area contributed by atoms with Crippen LogP contribution in [0, 0.1) is 0 Å². The first-order valence-electron chi connectivity index (χ1n) is 8.35. The van der Waals surface area contributed by atoms with Gasteiger partial charge in [-0.1, -0.05) is 30.3 Å². The second kappa shape index (κ2) is 8.48. The van der Waals surface area contributed by atoms with Crippen molar-refractivity contribution in [3.63, 3.8) is 0 Å². The van der Waals surface area contributed by atoms with E-state index in [9.17, 15) is 4.79 Å². The van der Waals surface area contributed by atoms with Gasteiger partial charge in [0.2, 0.25) is 0 Å². The van der Waals surface area contributed by atoms with E-state index in [2.05, 4.69) is 28.6 Å². The molecule has 0 aliphatic rings. The topological polar surface area (TPSA) is 50.2 Å². The second-order valence-corrected chi connectivity index (χ2v) is 6.81. The lowest BCUT2D eigenvalue weighted by molar-refractivity contribution is 0.198. The Morgan fingerprint density at radius 1 is 1.24 bits per heavy atom. The molecule has 3 aromatic rings.